The van der Waals surface area contributed by atoms with Crippen LogP contribution in [0.2, 0.25) is 0 Å². The number of fused-ring (bicyclic) bond motifs is 1. The molecule has 0 bridgehead atoms. The summed E-state index contributed by atoms with van der Waals surface area (Å²) in [5.74, 6) is -1.01. The third-order valence-corrected chi connectivity index (χ3v) is 4.26. The van der Waals surface area contributed by atoms with Gasteiger partial charge in [0.2, 0.25) is 11.5 Å². The summed E-state index contributed by atoms with van der Waals surface area (Å²) in [7, 11) is 0. The normalized spacial score (nSPS) is 17.2. The average molecular weight is 274 g/mol. The Labute approximate surface area is 113 Å². The van der Waals surface area contributed by atoms with Crippen molar-refractivity contribution >= 4 is 23.5 Å². The van der Waals surface area contributed by atoms with Gasteiger partial charge in [0.15, 0.2) is 5.76 Å². The standard InChI is InChI=1S/C14H10O4S/c15-13(10-5-6-11(18-10)14(16)17)9-7-19-12-4-2-1-3-8(9)12/h1-6,9H,7H2,(H,16,17). The Balaban J connectivity index is 1.91. The van der Waals surface area contributed by atoms with Crippen LogP contribution in [-0.2, 0) is 0 Å². The first-order valence-corrected chi connectivity index (χ1v) is 6.74. The molecule has 5 heteroatoms. The number of hydrogen-bond donors (Lipinski definition) is 1. The van der Waals surface area contributed by atoms with Gasteiger partial charge in [-0.3, -0.25) is 4.79 Å². The van der Waals surface area contributed by atoms with E-state index in [9.17, 15) is 9.59 Å². The van der Waals surface area contributed by atoms with Crippen LogP contribution in [0.5, 0.6) is 0 Å². The van der Waals surface area contributed by atoms with Crippen LogP contribution in [0.4, 0.5) is 0 Å². The quantitative estimate of drug-likeness (QED) is 0.871. The molecular formula is C14H10O4S. The first kappa shape index (κ1) is 12.0. The van der Waals surface area contributed by atoms with Crippen LogP contribution in [0.15, 0.2) is 45.7 Å². The molecule has 0 saturated heterocycles. The number of hydrogen-bond acceptors (Lipinski definition) is 4. The monoisotopic (exact) mass is 274 g/mol. The van der Waals surface area contributed by atoms with Crippen molar-refractivity contribution in [2.45, 2.75) is 10.8 Å². The van der Waals surface area contributed by atoms with Gasteiger partial charge in [-0.25, -0.2) is 4.79 Å². The van der Waals surface area contributed by atoms with Gasteiger partial charge < -0.3 is 9.52 Å². The van der Waals surface area contributed by atoms with Crippen molar-refractivity contribution in [2.24, 2.45) is 0 Å². The molecule has 0 spiro atoms. The highest BCUT2D eigenvalue weighted by molar-refractivity contribution is 7.99. The van der Waals surface area contributed by atoms with Gasteiger partial charge in [-0.1, -0.05) is 18.2 Å². The molecule has 0 saturated carbocycles. The van der Waals surface area contributed by atoms with Crippen LogP contribution in [0.1, 0.15) is 32.6 Å². The zero-order chi connectivity index (χ0) is 13.4. The maximum absolute atomic E-state index is 12.3. The molecule has 1 aromatic heterocycles. The summed E-state index contributed by atoms with van der Waals surface area (Å²) in [6, 6.07) is 10.5. The van der Waals surface area contributed by atoms with Gasteiger partial charge in [0, 0.05) is 10.6 Å². The minimum Gasteiger partial charge on any atom is -0.475 e. The number of carbonyl (C=O) groups excluding carboxylic acids is 1. The van der Waals surface area contributed by atoms with Crippen LogP contribution in [0, 0.1) is 0 Å². The Hall–Kier alpha value is -2.01. The summed E-state index contributed by atoms with van der Waals surface area (Å²) >= 11 is 1.63. The smallest absolute Gasteiger partial charge is 0.371 e. The van der Waals surface area contributed by atoms with Crippen molar-refractivity contribution in [3.63, 3.8) is 0 Å². The lowest BCUT2D eigenvalue weighted by atomic mass is 9.95. The van der Waals surface area contributed by atoms with E-state index < -0.39 is 5.97 Å². The number of thioether (sulfide) groups is 1. The van der Waals surface area contributed by atoms with Gasteiger partial charge in [-0.15, -0.1) is 11.8 Å². The molecule has 2 heterocycles. The molecule has 0 amide bonds. The molecule has 3 rings (SSSR count). The van der Waals surface area contributed by atoms with Crippen LogP contribution in [0.3, 0.4) is 0 Å². The number of carboxylic acids is 1. The fraction of sp³-hybridized carbons (Fsp3) is 0.143. The van der Waals surface area contributed by atoms with E-state index in [1.807, 2.05) is 24.3 Å². The van der Waals surface area contributed by atoms with Crippen molar-refractivity contribution in [2.75, 3.05) is 5.75 Å². The van der Waals surface area contributed by atoms with Crippen molar-refractivity contribution in [3.8, 4) is 0 Å². The Morgan fingerprint density at radius 2 is 1.89 bits per heavy atom. The number of ketones is 1. The van der Waals surface area contributed by atoms with Gasteiger partial charge in [-0.05, 0) is 23.8 Å². The predicted molar refractivity (Wildman–Crippen MR) is 69.9 cm³/mol. The lowest BCUT2D eigenvalue weighted by Gasteiger charge is -2.06. The Morgan fingerprint density at radius 1 is 1.16 bits per heavy atom. The molecule has 1 aliphatic rings. The van der Waals surface area contributed by atoms with E-state index in [1.54, 1.807) is 11.8 Å². The zero-order valence-electron chi connectivity index (χ0n) is 9.83. The van der Waals surface area contributed by atoms with Crippen molar-refractivity contribution in [1.82, 2.24) is 0 Å². The number of Topliss-reactive ketones (excluding diaryl/α,β-unsaturated/α-hetero) is 1. The molecule has 19 heavy (non-hydrogen) atoms. The summed E-state index contributed by atoms with van der Waals surface area (Å²) in [5, 5.41) is 8.79. The first-order valence-electron chi connectivity index (χ1n) is 5.76. The Bertz CT molecular complexity index is 659. The number of rotatable bonds is 3. The lowest BCUT2D eigenvalue weighted by molar-refractivity contribution is 0.0659. The third-order valence-electron chi connectivity index (χ3n) is 3.08. The second-order valence-corrected chi connectivity index (χ2v) is 5.30. The van der Waals surface area contributed by atoms with Gasteiger partial charge >= 0.3 is 5.97 Å². The SMILES string of the molecule is O=C(O)c1ccc(C(=O)C2CSc3ccccc32)o1. The largest absolute Gasteiger partial charge is 0.475 e. The summed E-state index contributed by atoms with van der Waals surface area (Å²) in [6.45, 7) is 0. The maximum atomic E-state index is 12.3. The molecule has 2 aromatic rings. The fourth-order valence-electron chi connectivity index (χ4n) is 2.14. The van der Waals surface area contributed by atoms with Crippen LogP contribution in [-0.4, -0.2) is 22.6 Å². The highest BCUT2D eigenvalue weighted by Gasteiger charge is 2.31. The molecule has 1 atom stereocenters. The number of carboxylic acid groups (broad SMARTS) is 1. The molecule has 0 radical (unpaired) electrons. The molecule has 1 aromatic carbocycles. The van der Waals surface area contributed by atoms with Gasteiger partial charge in [0.1, 0.15) is 0 Å². The van der Waals surface area contributed by atoms with E-state index in [2.05, 4.69) is 0 Å². The Kier molecular flexibility index (Phi) is 2.91. The lowest BCUT2D eigenvalue weighted by Crippen LogP contribution is -2.11. The van der Waals surface area contributed by atoms with Gasteiger partial charge in [-0.2, -0.15) is 0 Å². The number of carbonyl (C=O) groups is 2. The van der Waals surface area contributed by atoms with E-state index in [4.69, 9.17) is 9.52 Å². The summed E-state index contributed by atoms with van der Waals surface area (Å²) < 4.78 is 5.08. The highest BCUT2D eigenvalue weighted by atomic mass is 32.2. The third kappa shape index (κ3) is 2.06. The summed E-state index contributed by atoms with van der Waals surface area (Å²) in [4.78, 5) is 24.2. The second kappa shape index (κ2) is 4.59. The van der Waals surface area contributed by atoms with Gasteiger partial charge in [0.05, 0.1) is 5.92 Å². The molecule has 1 aliphatic heterocycles. The van der Waals surface area contributed by atoms with Crippen LogP contribution in [0.25, 0.3) is 0 Å². The minimum atomic E-state index is -1.17. The molecule has 4 nitrogen and oxygen atoms in total. The number of aromatic carboxylic acids is 1. The molecule has 0 aliphatic carbocycles. The first-order chi connectivity index (χ1) is 9.16. The van der Waals surface area contributed by atoms with Crippen molar-refractivity contribution in [3.05, 3.63) is 53.5 Å². The average Bonchev–Trinajstić information content (AvgIpc) is 3.05. The molecular weight excluding hydrogens is 264 g/mol. The second-order valence-electron chi connectivity index (χ2n) is 4.23. The van der Waals surface area contributed by atoms with E-state index in [0.29, 0.717) is 5.75 Å². The molecule has 1 unspecified atom stereocenters. The van der Waals surface area contributed by atoms with E-state index in [1.165, 1.54) is 12.1 Å². The number of furan rings is 1. The fourth-order valence-corrected chi connectivity index (χ4v) is 3.37. The summed E-state index contributed by atoms with van der Waals surface area (Å²) in [6.07, 6.45) is 0. The van der Waals surface area contributed by atoms with Crippen molar-refractivity contribution in [1.29, 1.82) is 0 Å². The molecule has 96 valence electrons. The molecule has 1 N–H and O–H groups in total. The topological polar surface area (TPSA) is 67.5 Å². The Morgan fingerprint density at radius 3 is 2.63 bits per heavy atom. The zero-order valence-corrected chi connectivity index (χ0v) is 10.6. The number of benzene rings is 1. The predicted octanol–water partition coefficient (Wildman–Crippen LogP) is 3.05. The van der Waals surface area contributed by atoms with Crippen LogP contribution < -0.4 is 0 Å². The van der Waals surface area contributed by atoms with Gasteiger partial charge in [0.25, 0.3) is 0 Å². The van der Waals surface area contributed by atoms with E-state index >= 15 is 0 Å². The molecule has 0 fully saturated rings. The van der Waals surface area contributed by atoms with E-state index in [0.717, 1.165) is 10.5 Å². The maximum Gasteiger partial charge on any atom is 0.371 e. The van der Waals surface area contributed by atoms with E-state index in [-0.39, 0.29) is 23.2 Å². The van der Waals surface area contributed by atoms with Crippen LogP contribution >= 0.6 is 11.8 Å². The van der Waals surface area contributed by atoms with Crippen molar-refractivity contribution < 1.29 is 19.1 Å². The summed E-state index contributed by atoms with van der Waals surface area (Å²) in [5.41, 5.74) is 0.991. The minimum absolute atomic E-state index is 0.111. The highest BCUT2D eigenvalue weighted by Crippen LogP contribution is 2.40.